The lowest BCUT2D eigenvalue weighted by Crippen LogP contribution is -2.03. The van der Waals surface area contributed by atoms with Crippen LogP contribution in [0.15, 0.2) is 48.5 Å². The molecule has 0 aliphatic heterocycles. The number of benzene rings is 2. The van der Waals surface area contributed by atoms with Crippen molar-refractivity contribution in [1.82, 2.24) is 0 Å². The van der Waals surface area contributed by atoms with Crippen molar-refractivity contribution in [2.75, 3.05) is 20.8 Å². The summed E-state index contributed by atoms with van der Waals surface area (Å²) in [5.41, 5.74) is 3.36. The van der Waals surface area contributed by atoms with Gasteiger partial charge in [0.05, 0.1) is 6.61 Å². The number of ether oxygens (including phenoxy) is 3. The molecule has 0 spiro atoms. The number of unbranched alkanes of at least 4 members (excludes halogenated alkanes) is 5. The molecule has 0 saturated carbocycles. The molecule has 2 aromatic rings. The minimum Gasteiger partial charge on any atom is -0.494 e. The number of hydrogen-bond donors (Lipinski definition) is 0. The Balaban J connectivity index is 1.81. The van der Waals surface area contributed by atoms with Gasteiger partial charge in [-0.2, -0.15) is 0 Å². The first-order valence-corrected chi connectivity index (χ1v) is 9.67. The van der Waals surface area contributed by atoms with E-state index in [1.165, 1.54) is 43.2 Å². The van der Waals surface area contributed by atoms with Crippen LogP contribution in [0.2, 0.25) is 0 Å². The van der Waals surface area contributed by atoms with Crippen molar-refractivity contribution < 1.29 is 14.2 Å². The predicted molar refractivity (Wildman–Crippen MR) is 108 cm³/mol. The Morgan fingerprint density at radius 1 is 0.692 bits per heavy atom. The highest BCUT2D eigenvalue weighted by molar-refractivity contribution is 5.64. The zero-order chi connectivity index (χ0) is 18.6. The van der Waals surface area contributed by atoms with Crippen molar-refractivity contribution in [2.24, 2.45) is 0 Å². The fraction of sp³-hybridized carbons (Fsp3) is 0.478. The van der Waals surface area contributed by atoms with Gasteiger partial charge in [0.15, 0.2) is 6.29 Å². The molecule has 0 heterocycles. The van der Waals surface area contributed by atoms with Gasteiger partial charge in [-0.1, -0.05) is 75.4 Å². The summed E-state index contributed by atoms with van der Waals surface area (Å²) in [6, 6.07) is 16.6. The van der Waals surface area contributed by atoms with E-state index in [0.29, 0.717) is 0 Å². The topological polar surface area (TPSA) is 27.7 Å². The number of hydrogen-bond acceptors (Lipinski definition) is 3. The Hall–Kier alpha value is -1.84. The van der Waals surface area contributed by atoms with Gasteiger partial charge >= 0.3 is 0 Å². The summed E-state index contributed by atoms with van der Waals surface area (Å²) in [4.78, 5) is 0. The summed E-state index contributed by atoms with van der Waals surface area (Å²) >= 11 is 0. The SMILES string of the molecule is CCCCCCCCOc1ccc(-c2ccc(C(OC)OC)cc2)cc1. The Labute approximate surface area is 158 Å². The summed E-state index contributed by atoms with van der Waals surface area (Å²) in [5, 5.41) is 0. The van der Waals surface area contributed by atoms with Crippen LogP contribution in [0, 0.1) is 0 Å². The molecular weight excluding hydrogens is 324 g/mol. The fourth-order valence-electron chi connectivity index (χ4n) is 3.02. The van der Waals surface area contributed by atoms with Crippen molar-refractivity contribution in [3.8, 4) is 16.9 Å². The maximum absolute atomic E-state index is 5.85. The van der Waals surface area contributed by atoms with E-state index in [1.54, 1.807) is 14.2 Å². The normalized spacial score (nSPS) is 11.1. The predicted octanol–water partition coefficient (Wildman–Crippen LogP) is 6.38. The number of methoxy groups -OCH3 is 2. The second kappa shape index (κ2) is 11.7. The van der Waals surface area contributed by atoms with Gasteiger partial charge in [0.1, 0.15) is 5.75 Å². The highest BCUT2D eigenvalue weighted by Gasteiger charge is 2.08. The monoisotopic (exact) mass is 356 g/mol. The molecule has 0 amide bonds. The molecule has 0 bridgehead atoms. The first kappa shape index (κ1) is 20.5. The summed E-state index contributed by atoms with van der Waals surface area (Å²) in [5.74, 6) is 0.942. The van der Waals surface area contributed by atoms with E-state index < -0.39 is 0 Å². The van der Waals surface area contributed by atoms with E-state index in [1.807, 2.05) is 24.3 Å². The maximum atomic E-state index is 5.85. The Bertz CT molecular complexity index is 600. The van der Waals surface area contributed by atoms with Crippen molar-refractivity contribution in [3.63, 3.8) is 0 Å². The minimum atomic E-state index is -0.318. The molecule has 0 aliphatic carbocycles. The molecule has 2 aromatic carbocycles. The van der Waals surface area contributed by atoms with Gasteiger partial charge in [-0.25, -0.2) is 0 Å². The summed E-state index contributed by atoms with van der Waals surface area (Å²) in [6.07, 6.45) is 7.38. The van der Waals surface area contributed by atoms with Crippen LogP contribution in [0.25, 0.3) is 11.1 Å². The third kappa shape index (κ3) is 6.47. The third-order valence-corrected chi connectivity index (χ3v) is 4.57. The molecule has 0 fully saturated rings. The number of rotatable bonds is 12. The molecular formula is C23H32O3. The van der Waals surface area contributed by atoms with E-state index in [9.17, 15) is 0 Å². The van der Waals surface area contributed by atoms with Crippen LogP contribution in [0.5, 0.6) is 5.75 Å². The van der Waals surface area contributed by atoms with Gasteiger partial charge in [0, 0.05) is 19.8 Å². The minimum absolute atomic E-state index is 0.318. The van der Waals surface area contributed by atoms with Gasteiger partial charge in [0.2, 0.25) is 0 Å². The molecule has 0 radical (unpaired) electrons. The summed E-state index contributed by atoms with van der Waals surface area (Å²) in [6.45, 7) is 3.05. The van der Waals surface area contributed by atoms with Crippen molar-refractivity contribution in [1.29, 1.82) is 0 Å². The molecule has 0 atom stereocenters. The highest BCUT2D eigenvalue weighted by Crippen LogP contribution is 2.25. The van der Waals surface area contributed by atoms with Crippen LogP contribution >= 0.6 is 0 Å². The average molecular weight is 357 g/mol. The van der Waals surface area contributed by atoms with Crippen LogP contribution < -0.4 is 4.74 Å². The van der Waals surface area contributed by atoms with Gasteiger partial charge in [-0.05, 0) is 29.7 Å². The Morgan fingerprint density at radius 3 is 1.81 bits per heavy atom. The lowest BCUT2D eigenvalue weighted by molar-refractivity contribution is -0.106. The van der Waals surface area contributed by atoms with E-state index in [0.717, 1.165) is 24.3 Å². The highest BCUT2D eigenvalue weighted by atomic mass is 16.7. The van der Waals surface area contributed by atoms with Crippen LogP contribution in [0.3, 0.4) is 0 Å². The Morgan fingerprint density at radius 2 is 1.23 bits per heavy atom. The van der Waals surface area contributed by atoms with Crippen molar-refractivity contribution in [3.05, 3.63) is 54.1 Å². The third-order valence-electron chi connectivity index (χ3n) is 4.57. The lowest BCUT2D eigenvalue weighted by Gasteiger charge is -2.14. The van der Waals surface area contributed by atoms with E-state index >= 15 is 0 Å². The second-order valence-electron chi connectivity index (χ2n) is 6.57. The standard InChI is InChI=1S/C23H32O3/c1-4-5-6-7-8-9-18-26-22-16-14-20(15-17-22)19-10-12-21(13-11-19)23(24-2)25-3/h10-17,23H,4-9,18H2,1-3H3. The maximum Gasteiger partial charge on any atom is 0.183 e. The first-order valence-electron chi connectivity index (χ1n) is 9.67. The zero-order valence-electron chi connectivity index (χ0n) is 16.4. The molecule has 0 aromatic heterocycles. The van der Waals surface area contributed by atoms with Gasteiger partial charge < -0.3 is 14.2 Å². The Kier molecular flexibility index (Phi) is 9.22. The molecule has 3 nitrogen and oxygen atoms in total. The fourth-order valence-corrected chi connectivity index (χ4v) is 3.02. The largest absolute Gasteiger partial charge is 0.494 e. The van der Waals surface area contributed by atoms with E-state index in [2.05, 4.69) is 31.2 Å². The van der Waals surface area contributed by atoms with Gasteiger partial charge in [0.25, 0.3) is 0 Å². The first-order chi connectivity index (χ1) is 12.8. The molecule has 0 unspecified atom stereocenters. The average Bonchev–Trinajstić information content (AvgIpc) is 2.69. The summed E-state index contributed by atoms with van der Waals surface area (Å²) in [7, 11) is 3.29. The van der Waals surface area contributed by atoms with Crippen LogP contribution in [0.1, 0.15) is 57.3 Å². The second-order valence-corrected chi connectivity index (χ2v) is 6.57. The van der Waals surface area contributed by atoms with Crippen molar-refractivity contribution >= 4 is 0 Å². The molecule has 3 heteroatoms. The smallest absolute Gasteiger partial charge is 0.183 e. The quantitative estimate of drug-likeness (QED) is 0.326. The molecule has 0 saturated heterocycles. The zero-order valence-corrected chi connectivity index (χ0v) is 16.4. The molecule has 2 rings (SSSR count). The van der Waals surface area contributed by atoms with Crippen LogP contribution in [-0.2, 0) is 9.47 Å². The van der Waals surface area contributed by atoms with Crippen molar-refractivity contribution in [2.45, 2.75) is 51.7 Å². The van der Waals surface area contributed by atoms with E-state index in [4.69, 9.17) is 14.2 Å². The van der Waals surface area contributed by atoms with Crippen LogP contribution in [0.4, 0.5) is 0 Å². The lowest BCUT2D eigenvalue weighted by atomic mass is 10.0. The summed E-state index contributed by atoms with van der Waals surface area (Å²) < 4.78 is 16.4. The molecule has 142 valence electrons. The molecule has 26 heavy (non-hydrogen) atoms. The van der Waals surface area contributed by atoms with E-state index in [-0.39, 0.29) is 6.29 Å². The molecule has 0 aliphatic rings. The van der Waals surface area contributed by atoms with Crippen LogP contribution in [-0.4, -0.2) is 20.8 Å². The van der Waals surface area contributed by atoms with Gasteiger partial charge in [-0.15, -0.1) is 0 Å². The van der Waals surface area contributed by atoms with Gasteiger partial charge in [-0.3, -0.25) is 0 Å². The molecule has 0 N–H and O–H groups in total.